The van der Waals surface area contributed by atoms with Gasteiger partial charge in [0.25, 0.3) is 5.56 Å². The maximum absolute atomic E-state index is 13.8. The predicted octanol–water partition coefficient (Wildman–Crippen LogP) is 5.54. The fraction of sp³-hybridized carbons (Fsp3) is 0.192. The molecule has 0 saturated carbocycles. The fourth-order valence-corrected chi connectivity index (χ4v) is 6.56. The van der Waals surface area contributed by atoms with Gasteiger partial charge in [-0.3, -0.25) is 9.36 Å². The first-order valence-electron chi connectivity index (χ1n) is 10.9. The van der Waals surface area contributed by atoms with Crippen molar-refractivity contribution in [3.05, 3.63) is 105 Å². The van der Waals surface area contributed by atoms with Crippen LogP contribution in [-0.2, 0) is 9.53 Å². The lowest BCUT2D eigenvalue weighted by molar-refractivity contribution is -0.139. The highest BCUT2D eigenvalue weighted by Crippen LogP contribution is 2.35. The lowest BCUT2D eigenvalue weighted by Crippen LogP contribution is -2.40. The summed E-state index contributed by atoms with van der Waals surface area (Å²) >= 11 is 14.8. The van der Waals surface area contributed by atoms with Crippen molar-refractivity contribution in [3.8, 4) is 5.75 Å². The molecule has 0 unspecified atom stereocenters. The summed E-state index contributed by atoms with van der Waals surface area (Å²) in [5.74, 6) is 0.0453. The largest absolute Gasteiger partial charge is 0.488 e. The van der Waals surface area contributed by atoms with Crippen molar-refractivity contribution in [1.82, 2.24) is 4.57 Å². The Balaban J connectivity index is 1.98. The Labute approximate surface area is 233 Å². The Morgan fingerprint density at radius 1 is 1.31 bits per heavy atom. The van der Waals surface area contributed by atoms with Crippen LogP contribution in [0.1, 0.15) is 31.0 Å². The molecule has 1 atom stereocenters. The minimum absolute atomic E-state index is 0.195. The van der Waals surface area contributed by atoms with Gasteiger partial charge in [-0.1, -0.05) is 69.7 Å². The van der Waals surface area contributed by atoms with E-state index in [9.17, 15) is 9.59 Å². The molecule has 1 aliphatic heterocycles. The molecule has 0 aliphatic carbocycles. The van der Waals surface area contributed by atoms with Crippen molar-refractivity contribution in [2.45, 2.75) is 19.9 Å². The number of hydrogen-bond donors (Lipinski definition) is 0. The van der Waals surface area contributed by atoms with E-state index >= 15 is 0 Å². The van der Waals surface area contributed by atoms with Crippen molar-refractivity contribution in [2.24, 2.45) is 4.99 Å². The van der Waals surface area contributed by atoms with Crippen LogP contribution in [0.2, 0.25) is 5.02 Å². The van der Waals surface area contributed by atoms with Crippen LogP contribution in [0.3, 0.4) is 0 Å². The van der Waals surface area contributed by atoms with E-state index in [0.29, 0.717) is 43.5 Å². The molecule has 1 aromatic heterocycles. The molecule has 0 radical (unpaired) electrons. The molecule has 0 saturated heterocycles. The van der Waals surface area contributed by atoms with Gasteiger partial charge in [0, 0.05) is 15.1 Å². The molecule has 0 N–H and O–H groups in total. The molecule has 2 heterocycles. The molecule has 0 spiro atoms. The molecule has 0 amide bonds. The van der Waals surface area contributed by atoms with E-state index in [4.69, 9.17) is 21.1 Å². The second-order valence-corrected chi connectivity index (χ2v) is 10.9. The van der Waals surface area contributed by atoms with Crippen LogP contribution in [0.5, 0.6) is 5.75 Å². The summed E-state index contributed by atoms with van der Waals surface area (Å²) in [6, 6.07) is 10.1. The van der Waals surface area contributed by atoms with Crippen LogP contribution in [0.15, 0.2) is 79.1 Å². The zero-order chi connectivity index (χ0) is 26.0. The molecule has 36 heavy (non-hydrogen) atoms. The molecule has 6 nitrogen and oxygen atoms in total. The molecule has 0 bridgehead atoms. The first-order valence-corrected chi connectivity index (χ1v) is 13.7. The van der Waals surface area contributed by atoms with Gasteiger partial charge in [-0.25, -0.2) is 9.79 Å². The van der Waals surface area contributed by atoms with Gasteiger partial charge in [0.05, 0.1) is 26.9 Å². The Bertz CT molecular complexity index is 1580. The van der Waals surface area contributed by atoms with Crippen LogP contribution in [0, 0.1) is 0 Å². The van der Waals surface area contributed by atoms with E-state index < -0.39 is 12.0 Å². The molecule has 1 aliphatic rings. The monoisotopic (exact) mass is 650 g/mol. The molecule has 10 heteroatoms. The molecular weight excluding hydrogens is 632 g/mol. The topological polar surface area (TPSA) is 69.9 Å². The Morgan fingerprint density at radius 2 is 2.06 bits per heavy atom. The predicted molar refractivity (Wildman–Crippen MR) is 149 cm³/mol. The number of fused-ring (bicyclic) bond motifs is 1. The highest BCUT2D eigenvalue weighted by atomic mass is 79.9. The summed E-state index contributed by atoms with van der Waals surface area (Å²) in [7, 11) is 0. The number of thiazole rings is 1. The summed E-state index contributed by atoms with van der Waals surface area (Å²) in [6.45, 7) is 7.67. The number of aromatic nitrogens is 1. The van der Waals surface area contributed by atoms with Gasteiger partial charge >= 0.3 is 5.97 Å². The number of esters is 1. The van der Waals surface area contributed by atoms with Crippen LogP contribution >= 0.6 is 54.8 Å². The number of carbonyl (C=O) groups excluding carboxylic acids is 1. The van der Waals surface area contributed by atoms with Crippen molar-refractivity contribution >= 4 is 66.8 Å². The van der Waals surface area contributed by atoms with E-state index in [1.54, 1.807) is 44.2 Å². The van der Waals surface area contributed by atoms with Crippen LogP contribution < -0.4 is 19.6 Å². The van der Waals surface area contributed by atoms with E-state index in [2.05, 4.69) is 43.4 Å². The lowest BCUT2D eigenvalue weighted by atomic mass is 9.96. The average molecular weight is 653 g/mol. The van der Waals surface area contributed by atoms with Crippen LogP contribution in [0.4, 0.5) is 0 Å². The van der Waals surface area contributed by atoms with Gasteiger partial charge in [0.2, 0.25) is 0 Å². The number of nitrogens with zero attached hydrogens (tertiary/aromatic N) is 2. The minimum atomic E-state index is -0.776. The minimum Gasteiger partial charge on any atom is -0.488 e. The van der Waals surface area contributed by atoms with Gasteiger partial charge in [0.15, 0.2) is 4.80 Å². The summed E-state index contributed by atoms with van der Waals surface area (Å²) in [5, 5.41) is 0.435. The van der Waals surface area contributed by atoms with Gasteiger partial charge in [-0.05, 0) is 59.6 Å². The van der Waals surface area contributed by atoms with Crippen LogP contribution in [-0.4, -0.2) is 23.8 Å². The van der Waals surface area contributed by atoms with E-state index in [-0.39, 0.29) is 17.7 Å². The number of carbonyl (C=O) groups is 1. The molecular formula is C26H21Br2ClN2O4S. The number of halogens is 3. The SMILES string of the molecule is C=CCOc1c(Br)cc(Br)cc1/C=c1\sc2n(c1=O)[C@H](c1ccccc1Cl)C(C(=O)OCC)=C(C)N=2. The van der Waals surface area contributed by atoms with Gasteiger partial charge < -0.3 is 9.47 Å². The van der Waals surface area contributed by atoms with Crippen molar-refractivity contribution < 1.29 is 14.3 Å². The number of benzene rings is 2. The molecule has 0 fully saturated rings. The van der Waals surface area contributed by atoms with Crippen molar-refractivity contribution in [1.29, 1.82) is 0 Å². The fourth-order valence-electron chi connectivity index (χ4n) is 3.91. The smallest absolute Gasteiger partial charge is 0.338 e. The summed E-state index contributed by atoms with van der Waals surface area (Å²) < 4.78 is 14.7. The first kappa shape index (κ1) is 26.6. The molecule has 4 rings (SSSR count). The summed E-state index contributed by atoms with van der Waals surface area (Å²) in [6.07, 6.45) is 3.40. The highest BCUT2D eigenvalue weighted by Gasteiger charge is 2.34. The third kappa shape index (κ3) is 5.16. The molecule has 186 valence electrons. The normalized spacial score (nSPS) is 15.4. The first-order chi connectivity index (χ1) is 17.3. The van der Waals surface area contributed by atoms with E-state index in [1.165, 1.54) is 15.9 Å². The number of ether oxygens (including phenoxy) is 2. The summed E-state index contributed by atoms with van der Waals surface area (Å²) in [4.78, 5) is 31.9. The van der Waals surface area contributed by atoms with Crippen molar-refractivity contribution in [3.63, 3.8) is 0 Å². The van der Waals surface area contributed by atoms with Gasteiger partial charge in [0.1, 0.15) is 18.4 Å². The third-order valence-corrected chi connectivity index (χ3v) is 7.76. The van der Waals surface area contributed by atoms with Gasteiger partial charge in [-0.15, -0.1) is 0 Å². The molecule has 3 aromatic rings. The maximum Gasteiger partial charge on any atom is 0.338 e. The van der Waals surface area contributed by atoms with E-state index in [1.807, 2.05) is 18.2 Å². The second-order valence-electron chi connectivity index (χ2n) is 7.73. The lowest BCUT2D eigenvalue weighted by Gasteiger charge is -2.25. The maximum atomic E-state index is 13.8. The Kier molecular flexibility index (Phi) is 8.34. The standard InChI is InChI=1S/C26H21Br2ClN2O4S/c1-4-10-35-23-15(11-16(27)13-18(23)28)12-20-24(32)31-22(17-8-6-7-9-19(17)29)21(25(33)34-5-2)14(3)30-26(31)36-20/h4,6-9,11-13,22H,1,5,10H2,2-3H3/b20-12-/t22-/m1/s1. The Hall–Kier alpha value is -2.46. The second kappa shape index (κ2) is 11.3. The van der Waals surface area contributed by atoms with Crippen LogP contribution in [0.25, 0.3) is 6.08 Å². The quantitative estimate of drug-likeness (QED) is 0.248. The van der Waals surface area contributed by atoms with E-state index in [0.717, 1.165) is 8.95 Å². The van der Waals surface area contributed by atoms with Crippen molar-refractivity contribution in [2.75, 3.05) is 13.2 Å². The Morgan fingerprint density at radius 3 is 2.75 bits per heavy atom. The zero-order valence-corrected chi connectivity index (χ0v) is 24.1. The average Bonchev–Trinajstić information content (AvgIpc) is 3.12. The van der Waals surface area contributed by atoms with Gasteiger partial charge in [-0.2, -0.15) is 0 Å². The molecule has 2 aromatic carbocycles. The highest BCUT2D eigenvalue weighted by molar-refractivity contribution is 9.11. The third-order valence-electron chi connectivity index (χ3n) is 5.39. The summed E-state index contributed by atoms with van der Waals surface area (Å²) in [5.41, 5.74) is 1.77. The number of rotatable bonds is 7. The number of allylic oxidation sites excluding steroid dienone is 1. The number of hydrogen-bond acceptors (Lipinski definition) is 6. The zero-order valence-electron chi connectivity index (χ0n) is 19.4.